The molecule has 0 spiro atoms. The summed E-state index contributed by atoms with van der Waals surface area (Å²) in [5.41, 5.74) is 2.82. The van der Waals surface area contributed by atoms with Crippen LogP contribution in [0.1, 0.15) is 66.4 Å². The summed E-state index contributed by atoms with van der Waals surface area (Å²) in [5, 5.41) is 25.8. The van der Waals surface area contributed by atoms with E-state index in [0.29, 0.717) is 30.6 Å². The molecule has 2 fully saturated rings. The van der Waals surface area contributed by atoms with Crippen LogP contribution in [0.2, 0.25) is 0 Å². The Hall–Kier alpha value is -3.19. The highest BCUT2D eigenvalue weighted by Crippen LogP contribution is 2.32. The van der Waals surface area contributed by atoms with Gasteiger partial charge in [-0.3, -0.25) is 14.4 Å². The lowest BCUT2D eigenvalue weighted by Crippen LogP contribution is -2.27. The van der Waals surface area contributed by atoms with E-state index >= 15 is 0 Å². The molecule has 4 rings (SSSR count). The maximum Gasteiger partial charge on any atom is 0.307 e. The molecule has 3 atom stereocenters. The molecule has 1 saturated carbocycles. The van der Waals surface area contributed by atoms with E-state index in [1.54, 1.807) is 24.3 Å². The van der Waals surface area contributed by atoms with Gasteiger partial charge in [-0.15, -0.1) is 0 Å². The molecule has 2 aliphatic rings. The van der Waals surface area contributed by atoms with Crippen molar-refractivity contribution in [3.8, 4) is 0 Å². The summed E-state index contributed by atoms with van der Waals surface area (Å²) in [7, 11) is 0. The molecular weight excluding hydrogens is 468 g/mol. The Balaban J connectivity index is 1.42. The van der Waals surface area contributed by atoms with E-state index < -0.39 is 23.8 Å². The van der Waals surface area contributed by atoms with Crippen LogP contribution in [0.3, 0.4) is 0 Å². The molecule has 3 unspecified atom stereocenters. The molecule has 2 aromatic rings. The number of carbonyl (C=O) groups is 3. The first-order valence-corrected chi connectivity index (χ1v) is 13.6. The van der Waals surface area contributed by atoms with E-state index in [-0.39, 0.29) is 17.7 Å². The molecule has 7 nitrogen and oxygen atoms in total. The number of nitrogens with one attached hydrogen (secondary N) is 2. The Morgan fingerprint density at radius 3 is 2.05 bits per heavy atom. The highest BCUT2D eigenvalue weighted by molar-refractivity contribution is 6.04. The van der Waals surface area contributed by atoms with Crippen LogP contribution in [-0.2, 0) is 22.4 Å². The van der Waals surface area contributed by atoms with Gasteiger partial charge in [-0.05, 0) is 92.4 Å². The van der Waals surface area contributed by atoms with Crippen LogP contribution in [-0.4, -0.2) is 41.1 Å². The molecule has 1 amide bonds. The maximum atomic E-state index is 13.1. The Labute approximate surface area is 218 Å². The average molecular weight is 507 g/mol. The van der Waals surface area contributed by atoms with Gasteiger partial charge in [-0.2, -0.15) is 0 Å². The number of rotatable bonds is 10. The number of carboxylic acid groups (broad SMARTS) is 2. The highest BCUT2D eigenvalue weighted by Gasteiger charge is 2.31. The zero-order chi connectivity index (χ0) is 26.2. The number of hydrogen-bond donors (Lipinski definition) is 4. The van der Waals surface area contributed by atoms with Gasteiger partial charge in [-0.25, -0.2) is 0 Å². The molecular formula is C30H38N2O5. The minimum atomic E-state index is -0.788. The monoisotopic (exact) mass is 506 g/mol. The first-order valence-electron chi connectivity index (χ1n) is 13.6. The van der Waals surface area contributed by atoms with E-state index in [1.807, 2.05) is 24.3 Å². The smallest absolute Gasteiger partial charge is 0.307 e. The minimum Gasteiger partial charge on any atom is -0.481 e. The fourth-order valence-corrected chi connectivity index (χ4v) is 5.97. The third kappa shape index (κ3) is 7.41. The summed E-state index contributed by atoms with van der Waals surface area (Å²) in [6.45, 7) is 1.56. The van der Waals surface area contributed by atoms with Gasteiger partial charge < -0.3 is 20.8 Å². The quantitative estimate of drug-likeness (QED) is 0.337. The molecule has 198 valence electrons. The van der Waals surface area contributed by atoms with E-state index in [0.717, 1.165) is 49.8 Å². The second kappa shape index (κ2) is 12.9. The normalized spacial score (nSPS) is 20.1. The van der Waals surface area contributed by atoms with Gasteiger partial charge >= 0.3 is 11.9 Å². The second-order valence-corrected chi connectivity index (χ2v) is 10.7. The third-order valence-corrected chi connectivity index (χ3v) is 8.06. The summed E-state index contributed by atoms with van der Waals surface area (Å²) >= 11 is 0. The van der Waals surface area contributed by atoms with Crippen LogP contribution in [0, 0.1) is 23.7 Å². The van der Waals surface area contributed by atoms with Gasteiger partial charge in [0.2, 0.25) is 0 Å². The molecule has 0 bridgehead atoms. The Morgan fingerprint density at radius 2 is 1.43 bits per heavy atom. The molecule has 0 radical (unpaired) electrons. The fraction of sp³-hybridized carbons (Fsp3) is 0.500. The van der Waals surface area contributed by atoms with Crippen molar-refractivity contribution in [1.29, 1.82) is 0 Å². The van der Waals surface area contributed by atoms with Gasteiger partial charge in [0, 0.05) is 11.3 Å². The number of amides is 1. The highest BCUT2D eigenvalue weighted by atomic mass is 16.4. The molecule has 4 N–H and O–H groups in total. The number of hydrogen-bond acceptors (Lipinski definition) is 4. The first kappa shape index (κ1) is 26.9. The van der Waals surface area contributed by atoms with Gasteiger partial charge in [0.05, 0.1) is 11.8 Å². The predicted octanol–water partition coefficient (Wildman–Crippen LogP) is 5.01. The van der Waals surface area contributed by atoms with Crippen molar-refractivity contribution < 1.29 is 24.6 Å². The number of anilines is 1. The van der Waals surface area contributed by atoms with Crippen molar-refractivity contribution in [3.05, 3.63) is 65.2 Å². The maximum absolute atomic E-state index is 13.1. The van der Waals surface area contributed by atoms with Crippen LogP contribution < -0.4 is 10.6 Å². The lowest BCUT2D eigenvalue weighted by atomic mass is 9.82. The van der Waals surface area contributed by atoms with E-state index in [9.17, 15) is 24.6 Å². The summed E-state index contributed by atoms with van der Waals surface area (Å²) in [4.78, 5) is 37.0. The summed E-state index contributed by atoms with van der Waals surface area (Å²) < 4.78 is 0. The molecule has 0 aromatic heterocycles. The SMILES string of the molecule is O=C(Nc1cccc(CC(C(=O)O)C2CCNC2)c1)c1cccc(CC(C(=O)O)C2CCCCCC2)c1. The van der Waals surface area contributed by atoms with Crippen LogP contribution in [0.25, 0.3) is 0 Å². The number of benzene rings is 2. The standard InChI is InChI=1S/C30H38N2O5/c33-28(32-25-12-6-8-21(16-25)18-27(30(36)37)24-13-14-31-19-24)23-11-5-7-20(15-23)17-26(29(34)35)22-9-3-1-2-4-10-22/h5-8,11-12,15-16,22,24,26-27,31H,1-4,9-10,13-14,17-19H2,(H,32,33)(H,34,35)(H,36,37). The number of aliphatic carboxylic acids is 2. The Kier molecular flexibility index (Phi) is 9.34. The Morgan fingerprint density at radius 1 is 0.811 bits per heavy atom. The summed E-state index contributed by atoms with van der Waals surface area (Å²) in [5.74, 6) is -2.44. The molecule has 37 heavy (non-hydrogen) atoms. The fourth-order valence-electron chi connectivity index (χ4n) is 5.97. The summed E-state index contributed by atoms with van der Waals surface area (Å²) in [6.07, 6.45) is 8.11. The molecule has 2 aromatic carbocycles. The minimum absolute atomic E-state index is 0.103. The molecule has 7 heteroatoms. The first-order chi connectivity index (χ1) is 17.9. The van der Waals surface area contributed by atoms with Crippen molar-refractivity contribution in [3.63, 3.8) is 0 Å². The van der Waals surface area contributed by atoms with Crippen molar-refractivity contribution in [2.45, 2.75) is 57.8 Å². The average Bonchev–Trinajstić information content (AvgIpc) is 3.28. The van der Waals surface area contributed by atoms with Gasteiger partial charge in [0.1, 0.15) is 0 Å². The lowest BCUT2D eigenvalue weighted by Gasteiger charge is -2.22. The van der Waals surface area contributed by atoms with Crippen molar-refractivity contribution in [1.82, 2.24) is 5.32 Å². The summed E-state index contributed by atoms with van der Waals surface area (Å²) in [6, 6.07) is 14.6. The van der Waals surface area contributed by atoms with Gasteiger partial charge in [-0.1, -0.05) is 49.9 Å². The molecule has 1 aliphatic carbocycles. The zero-order valence-corrected chi connectivity index (χ0v) is 21.3. The van der Waals surface area contributed by atoms with E-state index in [2.05, 4.69) is 10.6 Å². The van der Waals surface area contributed by atoms with Crippen LogP contribution in [0.15, 0.2) is 48.5 Å². The van der Waals surface area contributed by atoms with Crippen LogP contribution in [0.4, 0.5) is 5.69 Å². The van der Waals surface area contributed by atoms with Crippen molar-refractivity contribution >= 4 is 23.5 Å². The number of carbonyl (C=O) groups excluding carboxylic acids is 1. The van der Waals surface area contributed by atoms with Gasteiger partial charge in [0.15, 0.2) is 0 Å². The van der Waals surface area contributed by atoms with E-state index in [4.69, 9.17) is 0 Å². The van der Waals surface area contributed by atoms with E-state index in [1.165, 1.54) is 12.8 Å². The third-order valence-electron chi connectivity index (χ3n) is 8.06. The number of carboxylic acids is 2. The van der Waals surface area contributed by atoms with Gasteiger partial charge in [0.25, 0.3) is 5.91 Å². The molecule has 1 saturated heterocycles. The second-order valence-electron chi connectivity index (χ2n) is 10.7. The van der Waals surface area contributed by atoms with Crippen molar-refractivity contribution in [2.75, 3.05) is 18.4 Å². The van der Waals surface area contributed by atoms with Crippen molar-refractivity contribution in [2.24, 2.45) is 23.7 Å². The predicted molar refractivity (Wildman–Crippen MR) is 143 cm³/mol. The van der Waals surface area contributed by atoms with Crippen LogP contribution >= 0.6 is 0 Å². The molecule has 1 heterocycles. The lowest BCUT2D eigenvalue weighted by molar-refractivity contribution is -0.144. The zero-order valence-electron chi connectivity index (χ0n) is 21.3. The topological polar surface area (TPSA) is 116 Å². The Bertz CT molecular complexity index is 1090. The molecule has 1 aliphatic heterocycles. The van der Waals surface area contributed by atoms with Crippen LogP contribution in [0.5, 0.6) is 0 Å². The largest absolute Gasteiger partial charge is 0.481 e.